The molecule has 2 N–H and O–H groups in total. The van der Waals surface area contributed by atoms with Crippen molar-refractivity contribution in [2.45, 2.75) is 13.3 Å². The number of nitrogens with one attached hydrogen (secondary N) is 2. The highest BCUT2D eigenvalue weighted by atomic mass is 32.1. The van der Waals surface area contributed by atoms with E-state index in [9.17, 15) is 4.79 Å². The quantitative estimate of drug-likeness (QED) is 0.753. The Morgan fingerprint density at radius 2 is 2.13 bits per heavy atom. The van der Waals surface area contributed by atoms with Crippen molar-refractivity contribution < 1.29 is 4.79 Å². The molecular weight excluding hydrogens is 312 g/mol. The fraction of sp³-hybridized carbons (Fsp3) is 0.200. The van der Waals surface area contributed by atoms with Gasteiger partial charge in [-0.05, 0) is 31.0 Å². The normalized spacial score (nSPS) is 10.5. The molecule has 0 saturated carbocycles. The van der Waals surface area contributed by atoms with Gasteiger partial charge >= 0.3 is 6.03 Å². The van der Waals surface area contributed by atoms with Crippen molar-refractivity contribution in [3.63, 3.8) is 0 Å². The zero-order chi connectivity index (χ0) is 16.1. The van der Waals surface area contributed by atoms with Gasteiger partial charge in [-0.3, -0.25) is 5.32 Å². The first-order chi connectivity index (χ1) is 11.2. The largest absolute Gasteiger partial charge is 0.337 e. The molecule has 2 aromatic heterocycles. The molecule has 0 spiro atoms. The molecule has 118 valence electrons. The van der Waals surface area contributed by atoms with Gasteiger partial charge in [0, 0.05) is 24.3 Å². The molecule has 1 aromatic carbocycles. The third-order valence-corrected chi connectivity index (χ3v) is 3.83. The molecule has 3 rings (SSSR count). The Morgan fingerprint density at radius 3 is 2.87 bits per heavy atom. The summed E-state index contributed by atoms with van der Waals surface area (Å²) in [4.78, 5) is 15.8. The van der Waals surface area contributed by atoms with Crippen molar-refractivity contribution in [1.82, 2.24) is 24.5 Å². The first-order valence-corrected chi connectivity index (χ1v) is 7.92. The fourth-order valence-corrected chi connectivity index (χ4v) is 2.59. The van der Waals surface area contributed by atoms with Gasteiger partial charge in [0.25, 0.3) is 0 Å². The summed E-state index contributed by atoms with van der Waals surface area (Å²) in [5.41, 5.74) is 2.07. The molecule has 0 fully saturated rings. The molecule has 0 unspecified atom stereocenters. The van der Waals surface area contributed by atoms with Crippen LogP contribution in [-0.4, -0.2) is 31.7 Å². The summed E-state index contributed by atoms with van der Waals surface area (Å²) in [6.45, 7) is 2.30. The predicted octanol–water partition coefficient (Wildman–Crippen LogP) is 2.40. The maximum atomic E-state index is 11.7. The number of aryl methyl sites for hydroxylation is 1. The van der Waals surface area contributed by atoms with Gasteiger partial charge in [0.1, 0.15) is 5.82 Å². The second-order valence-electron chi connectivity index (χ2n) is 4.91. The second kappa shape index (κ2) is 7.01. The molecule has 0 radical (unpaired) electrons. The van der Waals surface area contributed by atoms with Crippen molar-refractivity contribution in [2.75, 3.05) is 11.9 Å². The Bertz CT molecular complexity index is 782. The summed E-state index contributed by atoms with van der Waals surface area (Å²) in [6.07, 6.45) is 4.47. The highest BCUT2D eigenvalue weighted by Crippen LogP contribution is 2.10. The van der Waals surface area contributed by atoms with Gasteiger partial charge in [-0.1, -0.05) is 18.2 Å². The van der Waals surface area contributed by atoms with Crippen LogP contribution in [0.3, 0.4) is 0 Å². The summed E-state index contributed by atoms with van der Waals surface area (Å²) in [5.74, 6) is 0.652. The maximum absolute atomic E-state index is 11.7. The molecule has 0 aliphatic carbocycles. The zero-order valence-corrected chi connectivity index (χ0v) is 13.4. The number of benzene rings is 1. The lowest BCUT2D eigenvalue weighted by atomic mass is 10.2. The summed E-state index contributed by atoms with van der Waals surface area (Å²) in [7, 11) is 0. The smallest absolute Gasteiger partial charge is 0.321 e. The summed E-state index contributed by atoms with van der Waals surface area (Å²) < 4.78 is 5.83. The molecule has 23 heavy (non-hydrogen) atoms. The van der Waals surface area contributed by atoms with E-state index in [4.69, 9.17) is 0 Å². The Hall–Kier alpha value is -2.74. The van der Waals surface area contributed by atoms with E-state index >= 15 is 0 Å². The van der Waals surface area contributed by atoms with Gasteiger partial charge in [-0.2, -0.15) is 9.47 Å². The van der Waals surface area contributed by atoms with Gasteiger partial charge in [0.05, 0.1) is 11.9 Å². The first kappa shape index (κ1) is 15.2. The van der Waals surface area contributed by atoms with E-state index in [2.05, 4.69) is 25.1 Å². The van der Waals surface area contributed by atoms with Crippen LogP contribution in [0.1, 0.15) is 11.4 Å². The number of hydrogen-bond acceptors (Lipinski definition) is 5. The molecule has 0 aliphatic rings. The van der Waals surface area contributed by atoms with Gasteiger partial charge in [0.2, 0.25) is 5.13 Å². The van der Waals surface area contributed by atoms with Crippen molar-refractivity contribution in [3.05, 3.63) is 54.1 Å². The van der Waals surface area contributed by atoms with E-state index in [0.29, 0.717) is 23.9 Å². The number of para-hydroxylation sites is 1. The van der Waals surface area contributed by atoms with E-state index in [-0.39, 0.29) is 6.03 Å². The van der Waals surface area contributed by atoms with Crippen LogP contribution in [0.15, 0.2) is 42.7 Å². The lowest BCUT2D eigenvalue weighted by Gasteiger charge is -2.03. The van der Waals surface area contributed by atoms with Crippen LogP contribution < -0.4 is 10.6 Å². The monoisotopic (exact) mass is 328 g/mol. The van der Waals surface area contributed by atoms with Gasteiger partial charge in [0.15, 0.2) is 0 Å². The summed E-state index contributed by atoms with van der Waals surface area (Å²) >= 11 is 1.16. The van der Waals surface area contributed by atoms with Crippen molar-refractivity contribution in [3.8, 4) is 5.69 Å². The lowest BCUT2D eigenvalue weighted by Crippen LogP contribution is -2.30. The zero-order valence-electron chi connectivity index (χ0n) is 12.6. The Kier molecular flexibility index (Phi) is 4.62. The topological polar surface area (TPSA) is 84.7 Å². The fourth-order valence-electron chi connectivity index (χ4n) is 2.02. The molecule has 0 saturated heterocycles. The minimum absolute atomic E-state index is 0.281. The van der Waals surface area contributed by atoms with Crippen LogP contribution >= 0.6 is 11.5 Å². The van der Waals surface area contributed by atoms with Gasteiger partial charge in [-0.15, -0.1) is 0 Å². The van der Waals surface area contributed by atoms with E-state index in [1.165, 1.54) is 0 Å². The third kappa shape index (κ3) is 4.13. The van der Waals surface area contributed by atoms with Crippen LogP contribution in [0.2, 0.25) is 0 Å². The summed E-state index contributed by atoms with van der Waals surface area (Å²) in [6, 6.07) is 9.61. The Morgan fingerprint density at radius 1 is 1.30 bits per heavy atom. The van der Waals surface area contributed by atoms with Crippen LogP contribution in [-0.2, 0) is 6.42 Å². The number of nitrogens with zero attached hydrogens (tertiary/aromatic N) is 4. The molecule has 0 aliphatic heterocycles. The molecule has 0 atom stereocenters. The molecule has 0 bridgehead atoms. The van der Waals surface area contributed by atoms with E-state index in [0.717, 1.165) is 22.8 Å². The number of rotatable bonds is 5. The third-order valence-electron chi connectivity index (χ3n) is 3.10. The first-order valence-electron chi connectivity index (χ1n) is 7.15. The van der Waals surface area contributed by atoms with Gasteiger partial charge < -0.3 is 5.32 Å². The number of carbonyl (C=O) groups is 1. The number of anilines is 1. The standard InChI is InChI=1S/C15H16N6OS/c1-11-18-15(23-20-11)19-14(22)16-8-7-12-9-17-21(10-12)13-5-3-2-4-6-13/h2-6,9-10H,7-8H2,1H3,(H2,16,18,19,20,22). The van der Waals surface area contributed by atoms with E-state index < -0.39 is 0 Å². The number of aromatic nitrogens is 4. The molecule has 3 aromatic rings. The second-order valence-corrected chi connectivity index (χ2v) is 5.66. The molecule has 8 heteroatoms. The number of hydrogen-bond donors (Lipinski definition) is 2. The van der Waals surface area contributed by atoms with Crippen molar-refractivity contribution >= 4 is 22.7 Å². The number of amides is 2. The maximum Gasteiger partial charge on any atom is 0.321 e. The minimum Gasteiger partial charge on any atom is -0.337 e. The van der Waals surface area contributed by atoms with Crippen LogP contribution in [0.5, 0.6) is 0 Å². The minimum atomic E-state index is -0.281. The van der Waals surface area contributed by atoms with Gasteiger partial charge in [-0.25, -0.2) is 14.5 Å². The SMILES string of the molecule is Cc1nsc(NC(=O)NCCc2cnn(-c3ccccc3)c2)n1. The Balaban J connectivity index is 1.47. The average Bonchev–Trinajstić information content (AvgIpc) is 3.17. The predicted molar refractivity (Wildman–Crippen MR) is 88.9 cm³/mol. The molecule has 7 nitrogen and oxygen atoms in total. The molecule has 2 amide bonds. The number of urea groups is 1. The Labute approximate surface area is 137 Å². The van der Waals surface area contributed by atoms with Crippen molar-refractivity contribution in [1.29, 1.82) is 0 Å². The average molecular weight is 328 g/mol. The van der Waals surface area contributed by atoms with E-state index in [1.807, 2.05) is 41.2 Å². The summed E-state index contributed by atoms with van der Waals surface area (Å²) in [5, 5.41) is 10.3. The van der Waals surface area contributed by atoms with E-state index in [1.54, 1.807) is 13.1 Å². The highest BCUT2D eigenvalue weighted by Gasteiger charge is 2.06. The van der Waals surface area contributed by atoms with Crippen molar-refractivity contribution in [2.24, 2.45) is 0 Å². The van der Waals surface area contributed by atoms with Crippen LogP contribution in [0.4, 0.5) is 9.93 Å². The highest BCUT2D eigenvalue weighted by molar-refractivity contribution is 7.09. The number of carbonyl (C=O) groups excluding carboxylic acids is 1. The van der Waals surface area contributed by atoms with Crippen LogP contribution in [0.25, 0.3) is 5.69 Å². The van der Waals surface area contributed by atoms with Crippen LogP contribution in [0, 0.1) is 6.92 Å². The molecular formula is C15H16N6OS. The lowest BCUT2D eigenvalue weighted by molar-refractivity contribution is 0.252. The molecule has 2 heterocycles.